The summed E-state index contributed by atoms with van der Waals surface area (Å²) >= 11 is 12.4. The van der Waals surface area contributed by atoms with E-state index in [1.807, 2.05) is 61.5 Å². The van der Waals surface area contributed by atoms with E-state index in [0.29, 0.717) is 39.4 Å². The highest BCUT2D eigenvalue weighted by molar-refractivity contribution is 6.39. The first-order valence-electron chi connectivity index (χ1n) is 9.45. The lowest BCUT2D eigenvalue weighted by Gasteiger charge is -2.19. The van der Waals surface area contributed by atoms with Crippen molar-refractivity contribution >= 4 is 46.7 Å². The molecule has 3 aromatic rings. The molecule has 0 fully saturated rings. The summed E-state index contributed by atoms with van der Waals surface area (Å²) in [5, 5.41) is 1.15. The molecule has 0 saturated carbocycles. The predicted octanol–water partition coefficient (Wildman–Crippen LogP) is 6.23. The third-order valence-corrected chi connectivity index (χ3v) is 5.14. The average Bonchev–Trinajstić information content (AvgIpc) is 3.07. The summed E-state index contributed by atoms with van der Waals surface area (Å²) in [7, 11) is 0. The summed E-state index contributed by atoms with van der Waals surface area (Å²) in [5.41, 5.74) is 2.52. The van der Waals surface area contributed by atoms with E-state index in [1.165, 1.54) is 0 Å². The molecule has 1 aliphatic rings. The fourth-order valence-corrected chi connectivity index (χ4v) is 3.50. The fourth-order valence-electron chi connectivity index (χ4n) is 3.15. The smallest absolute Gasteiger partial charge is 0.282 e. The first-order valence-corrected chi connectivity index (χ1v) is 10.2. The monoisotopic (exact) mass is 436 g/mol. The Hall–Kier alpha value is -3.08. The summed E-state index contributed by atoms with van der Waals surface area (Å²) < 4.78 is 5.51. The Balaban J connectivity index is 1.79. The zero-order chi connectivity index (χ0) is 21.1. The highest BCUT2D eigenvalue weighted by atomic mass is 35.5. The molecular formula is C24H18Cl2N2O2. The first-order chi connectivity index (χ1) is 14.6. The molecule has 1 aliphatic heterocycles. The van der Waals surface area contributed by atoms with E-state index >= 15 is 0 Å². The second kappa shape index (κ2) is 8.74. The number of halogens is 2. The molecule has 1 amide bonds. The third-order valence-electron chi connectivity index (χ3n) is 4.55. The van der Waals surface area contributed by atoms with Gasteiger partial charge in [0.05, 0.1) is 17.3 Å². The van der Waals surface area contributed by atoms with E-state index in [0.717, 1.165) is 11.3 Å². The standard InChI is InChI=1S/C24H18Cl2N2O2/c1-2-30-19-13-11-18(12-14-19)28-23(20-5-3-4-6-21(20)26)27-22(24(28)29)15-16-7-9-17(25)10-8-16/h3-15H,2H2,1H3/b22-15+. The van der Waals surface area contributed by atoms with Gasteiger partial charge >= 0.3 is 0 Å². The molecule has 0 bridgehead atoms. The molecule has 1 heterocycles. The number of aliphatic imine (C=N–C) groups is 1. The van der Waals surface area contributed by atoms with E-state index in [2.05, 4.69) is 4.99 Å². The molecule has 6 heteroatoms. The maximum Gasteiger partial charge on any atom is 0.282 e. The fraction of sp³-hybridized carbons (Fsp3) is 0.0833. The van der Waals surface area contributed by atoms with Crippen LogP contribution in [0.3, 0.4) is 0 Å². The number of amides is 1. The van der Waals surface area contributed by atoms with Crippen LogP contribution in [0.4, 0.5) is 5.69 Å². The predicted molar refractivity (Wildman–Crippen MR) is 123 cm³/mol. The quantitative estimate of drug-likeness (QED) is 0.445. The molecule has 0 N–H and O–H groups in total. The van der Waals surface area contributed by atoms with Crippen molar-refractivity contribution in [2.45, 2.75) is 6.92 Å². The van der Waals surface area contributed by atoms with Crippen molar-refractivity contribution in [2.75, 3.05) is 11.5 Å². The first kappa shape index (κ1) is 20.2. The number of hydrogen-bond acceptors (Lipinski definition) is 3. The molecule has 0 radical (unpaired) electrons. The van der Waals surface area contributed by atoms with Crippen LogP contribution in [0, 0.1) is 0 Å². The molecule has 0 unspecified atom stereocenters. The second-order valence-corrected chi connectivity index (χ2v) is 7.41. The van der Waals surface area contributed by atoms with Crippen molar-refractivity contribution in [1.82, 2.24) is 0 Å². The molecule has 30 heavy (non-hydrogen) atoms. The minimum atomic E-state index is -0.232. The number of rotatable bonds is 5. The minimum absolute atomic E-state index is 0.232. The lowest BCUT2D eigenvalue weighted by Crippen LogP contribution is -2.32. The normalized spacial score (nSPS) is 14.9. The number of anilines is 1. The summed E-state index contributed by atoms with van der Waals surface area (Å²) in [4.78, 5) is 19.5. The van der Waals surface area contributed by atoms with Gasteiger partial charge in [0, 0.05) is 10.6 Å². The Labute approximate surface area is 185 Å². The van der Waals surface area contributed by atoms with Crippen LogP contribution in [-0.4, -0.2) is 18.3 Å². The molecule has 0 aromatic heterocycles. The van der Waals surface area contributed by atoms with Gasteiger partial charge in [-0.3, -0.25) is 9.69 Å². The number of carbonyl (C=O) groups excluding carboxylic acids is 1. The Morgan fingerprint density at radius 1 is 0.967 bits per heavy atom. The van der Waals surface area contributed by atoms with Crippen LogP contribution in [0.1, 0.15) is 18.1 Å². The van der Waals surface area contributed by atoms with Crippen molar-refractivity contribution in [2.24, 2.45) is 4.99 Å². The van der Waals surface area contributed by atoms with E-state index in [1.54, 1.807) is 29.2 Å². The largest absolute Gasteiger partial charge is 0.494 e. The number of amidine groups is 1. The maximum absolute atomic E-state index is 13.3. The van der Waals surface area contributed by atoms with Crippen LogP contribution in [-0.2, 0) is 4.79 Å². The van der Waals surface area contributed by atoms with Crippen LogP contribution in [0.25, 0.3) is 6.08 Å². The maximum atomic E-state index is 13.3. The lowest BCUT2D eigenvalue weighted by molar-refractivity contribution is -0.113. The summed E-state index contributed by atoms with van der Waals surface area (Å²) in [6.07, 6.45) is 1.74. The van der Waals surface area contributed by atoms with Gasteiger partial charge in [0.2, 0.25) is 0 Å². The van der Waals surface area contributed by atoms with E-state index in [4.69, 9.17) is 27.9 Å². The molecule has 0 saturated heterocycles. The summed E-state index contributed by atoms with van der Waals surface area (Å²) in [5.74, 6) is 0.986. The van der Waals surface area contributed by atoms with E-state index in [-0.39, 0.29) is 5.91 Å². The minimum Gasteiger partial charge on any atom is -0.494 e. The van der Waals surface area contributed by atoms with E-state index in [9.17, 15) is 4.79 Å². The highest BCUT2D eigenvalue weighted by Crippen LogP contribution is 2.31. The van der Waals surface area contributed by atoms with Gasteiger partial charge < -0.3 is 4.74 Å². The van der Waals surface area contributed by atoms with Crippen molar-refractivity contribution in [3.8, 4) is 5.75 Å². The Kier molecular flexibility index (Phi) is 5.88. The topological polar surface area (TPSA) is 41.9 Å². The van der Waals surface area contributed by atoms with Crippen LogP contribution >= 0.6 is 23.2 Å². The zero-order valence-electron chi connectivity index (χ0n) is 16.2. The van der Waals surface area contributed by atoms with Gasteiger partial charge in [0.15, 0.2) is 0 Å². The van der Waals surface area contributed by atoms with E-state index < -0.39 is 0 Å². The molecular weight excluding hydrogens is 419 g/mol. The molecule has 4 nitrogen and oxygen atoms in total. The van der Waals surface area contributed by atoms with Gasteiger partial charge in [-0.05, 0) is 67.1 Å². The van der Waals surface area contributed by atoms with Crippen LogP contribution in [0.5, 0.6) is 5.75 Å². The number of ether oxygens (including phenoxy) is 1. The van der Waals surface area contributed by atoms with Gasteiger partial charge in [-0.15, -0.1) is 0 Å². The summed E-state index contributed by atoms with van der Waals surface area (Å²) in [6.45, 7) is 2.50. The lowest BCUT2D eigenvalue weighted by atomic mass is 10.1. The van der Waals surface area contributed by atoms with Crippen molar-refractivity contribution in [3.05, 3.63) is 99.7 Å². The Morgan fingerprint density at radius 2 is 1.67 bits per heavy atom. The number of carbonyl (C=O) groups is 1. The molecule has 150 valence electrons. The van der Waals surface area contributed by atoms with Crippen molar-refractivity contribution in [3.63, 3.8) is 0 Å². The zero-order valence-corrected chi connectivity index (χ0v) is 17.7. The van der Waals surface area contributed by atoms with Crippen LogP contribution in [0.15, 0.2) is 83.5 Å². The van der Waals surface area contributed by atoms with Crippen LogP contribution < -0.4 is 9.64 Å². The molecule has 0 atom stereocenters. The van der Waals surface area contributed by atoms with Gasteiger partial charge in [-0.25, -0.2) is 4.99 Å². The van der Waals surface area contributed by atoms with Crippen molar-refractivity contribution in [1.29, 1.82) is 0 Å². The third kappa shape index (κ3) is 4.11. The van der Waals surface area contributed by atoms with Crippen molar-refractivity contribution < 1.29 is 9.53 Å². The summed E-state index contributed by atoms with van der Waals surface area (Å²) in [6, 6.07) is 21.9. The Bertz CT molecular complexity index is 1140. The molecule has 3 aromatic carbocycles. The van der Waals surface area contributed by atoms with Gasteiger partial charge in [0.1, 0.15) is 17.3 Å². The highest BCUT2D eigenvalue weighted by Gasteiger charge is 2.33. The Morgan fingerprint density at radius 3 is 2.33 bits per heavy atom. The molecule has 4 rings (SSSR count). The number of hydrogen-bond donors (Lipinski definition) is 0. The SMILES string of the molecule is CCOc1ccc(N2C(=O)/C(=C\c3ccc(Cl)cc3)N=C2c2ccccc2Cl)cc1. The van der Waals surface area contributed by atoms with Gasteiger partial charge in [-0.1, -0.05) is 47.5 Å². The number of nitrogens with zero attached hydrogens (tertiary/aromatic N) is 2. The molecule has 0 spiro atoms. The van der Waals surface area contributed by atoms with Crippen LogP contribution in [0.2, 0.25) is 10.0 Å². The van der Waals surface area contributed by atoms with Gasteiger partial charge in [0.25, 0.3) is 5.91 Å². The molecule has 0 aliphatic carbocycles. The average molecular weight is 437 g/mol. The second-order valence-electron chi connectivity index (χ2n) is 6.56. The number of benzene rings is 3. The van der Waals surface area contributed by atoms with Gasteiger partial charge in [-0.2, -0.15) is 0 Å².